The van der Waals surface area contributed by atoms with Crippen molar-refractivity contribution in [3.05, 3.63) is 21.4 Å². The first-order valence-electron chi connectivity index (χ1n) is 5.10. The van der Waals surface area contributed by atoms with Gasteiger partial charge in [0, 0.05) is 10.9 Å². The van der Waals surface area contributed by atoms with Crippen molar-refractivity contribution in [2.75, 3.05) is 7.05 Å². The molecule has 0 fully saturated rings. The third kappa shape index (κ3) is 2.13. The van der Waals surface area contributed by atoms with Crippen LogP contribution in [0.2, 0.25) is 0 Å². The molecule has 3 heteroatoms. The maximum atomic E-state index is 3.39. The zero-order valence-electron chi connectivity index (χ0n) is 8.80. The van der Waals surface area contributed by atoms with E-state index in [1.165, 1.54) is 25.7 Å². The lowest BCUT2D eigenvalue weighted by Crippen LogP contribution is -2.31. The molecule has 1 aliphatic rings. The first-order valence-corrected chi connectivity index (χ1v) is 5.98. The van der Waals surface area contributed by atoms with Crippen LogP contribution in [-0.4, -0.2) is 13.1 Å². The first kappa shape index (κ1) is 12.0. The maximum Gasteiger partial charge on any atom is 0.0108 e. The van der Waals surface area contributed by atoms with Crippen LogP contribution in [0.5, 0.6) is 0 Å². The Labute approximate surface area is 96.3 Å². The molecule has 0 saturated carbocycles. The fourth-order valence-electron chi connectivity index (χ4n) is 2.12. The van der Waals surface area contributed by atoms with Crippen LogP contribution in [0.1, 0.15) is 29.3 Å². The Kier molecular flexibility index (Phi) is 4.42. The Bertz CT molecular complexity index is 282. The molecule has 0 saturated heterocycles. The Morgan fingerprint density at radius 3 is 3.00 bits per heavy atom. The second kappa shape index (κ2) is 5.15. The van der Waals surface area contributed by atoms with Gasteiger partial charge in [0.2, 0.25) is 0 Å². The summed E-state index contributed by atoms with van der Waals surface area (Å²) in [5, 5.41) is 5.74. The van der Waals surface area contributed by atoms with Crippen molar-refractivity contribution in [3.8, 4) is 0 Å². The number of likely N-dealkylation sites (N-methyl/N-ethyl adjacent to an activating group) is 1. The lowest BCUT2D eigenvalue weighted by Gasteiger charge is -2.22. The quantitative estimate of drug-likeness (QED) is 0.826. The molecule has 1 N–H and O–H groups in total. The standard InChI is InChI=1S/C11H17NS.ClH/c1-3-8-7-13-11-5-4-9(12-2)6-10(8)11;/h7,9,12H,3-6H2,1-2H3;1H. The minimum Gasteiger partial charge on any atom is -0.317 e. The number of hydrogen-bond donors (Lipinski definition) is 1. The SMILES string of the molecule is CCc1csc2c1CC(NC)CC2.Cl. The molecule has 1 aliphatic carbocycles. The summed E-state index contributed by atoms with van der Waals surface area (Å²) in [4.78, 5) is 1.64. The Balaban J connectivity index is 0.000000980. The summed E-state index contributed by atoms with van der Waals surface area (Å²) < 4.78 is 0. The van der Waals surface area contributed by atoms with Crippen LogP contribution in [0, 0.1) is 0 Å². The fraction of sp³-hybridized carbons (Fsp3) is 0.636. The summed E-state index contributed by atoms with van der Waals surface area (Å²) in [6.45, 7) is 2.26. The van der Waals surface area contributed by atoms with Crippen molar-refractivity contribution >= 4 is 23.7 Å². The molecular weight excluding hydrogens is 214 g/mol. The predicted molar refractivity (Wildman–Crippen MR) is 65.8 cm³/mol. The molecule has 0 amide bonds. The molecule has 1 aromatic rings. The van der Waals surface area contributed by atoms with Crippen molar-refractivity contribution < 1.29 is 0 Å². The highest BCUT2D eigenvalue weighted by molar-refractivity contribution is 7.10. The average molecular weight is 232 g/mol. The summed E-state index contributed by atoms with van der Waals surface area (Å²) >= 11 is 1.96. The van der Waals surface area contributed by atoms with E-state index in [1.807, 2.05) is 11.3 Å². The zero-order chi connectivity index (χ0) is 9.26. The van der Waals surface area contributed by atoms with Gasteiger partial charge in [0.05, 0.1) is 0 Å². The summed E-state index contributed by atoms with van der Waals surface area (Å²) in [5.74, 6) is 0. The van der Waals surface area contributed by atoms with Gasteiger partial charge in [-0.15, -0.1) is 23.7 Å². The Morgan fingerprint density at radius 2 is 2.36 bits per heavy atom. The second-order valence-electron chi connectivity index (χ2n) is 3.74. The van der Waals surface area contributed by atoms with E-state index in [9.17, 15) is 0 Å². The van der Waals surface area contributed by atoms with Crippen molar-refractivity contribution in [2.45, 2.75) is 38.6 Å². The highest BCUT2D eigenvalue weighted by Crippen LogP contribution is 2.30. The molecule has 0 radical (unpaired) electrons. The topological polar surface area (TPSA) is 12.0 Å². The largest absolute Gasteiger partial charge is 0.317 e. The Morgan fingerprint density at radius 1 is 1.57 bits per heavy atom. The summed E-state index contributed by atoms with van der Waals surface area (Å²) in [6, 6.07) is 0.715. The Hall–Kier alpha value is -0.0500. The zero-order valence-corrected chi connectivity index (χ0v) is 10.4. The molecule has 0 spiro atoms. The molecule has 14 heavy (non-hydrogen) atoms. The van der Waals surface area contributed by atoms with Gasteiger partial charge >= 0.3 is 0 Å². The van der Waals surface area contributed by atoms with Crippen LogP contribution in [0.4, 0.5) is 0 Å². The van der Waals surface area contributed by atoms with Crippen LogP contribution in [0.3, 0.4) is 0 Å². The summed E-state index contributed by atoms with van der Waals surface area (Å²) in [5.41, 5.74) is 3.23. The van der Waals surface area contributed by atoms with Gasteiger partial charge in [-0.3, -0.25) is 0 Å². The highest BCUT2D eigenvalue weighted by atomic mass is 35.5. The maximum absolute atomic E-state index is 3.39. The molecule has 1 aromatic heterocycles. The van der Waals surface area contributed by atoms with Gasteiger partial charge in [0.1, 0.15) is 0 Å². The van der Waals surface area contributed by atoms with Gasteiger partial charge in [0.25, 0.3) is 0 Å². The van der Waals surface area contributed by atoms with Crippen molar-refractivity contribution in [1.29, 1.82) is 0 Å². The van der Waals surface area contributed by atoms with Crippen LogP contribution in [-0.2, 0) is 19.3 Å². The van der Waals surface area contributed by atoms with Gasteiger partial charge in [-0.05, 0) is 49.2 Å². The van der Waals surface area contributed by atoms with Gasteiger partial charge < -0.3 is 5.32 Å². The lowest BCUT2D eigenvalue weighted by molar-refractivity contribution is 0.499. The molecule has 80 valence electrons. The number of fused-ring (bicyclic) bond motifs is 1. The van der Waals surface area contributed by atoms with E-state index in [0.717, 1.165) is 0 Å². The van der Waals surface area contributed by atoms with Crippen LogP contribution < -0.4 is 5.32 Å². The molecule has 0 aromatic carbocycles. The second-order valence-corrected chi connectivity index (χ2v) is 4.71. The minimum atomic E-state index is 0. The van der Waals surface area contributed by atoms with E-state index < -0.39 is 0 Å². The number of thiophene rings is 1. The molecular formula is C11H18ClNS. The predicted octanol–water partition coefficient (Wildman–Crippen LogP) is 2.81. The fourth-order valence-corrected chi connectivity index (χ4v) is 3.30. The molecule has 1 atom stereocenters. The van der Waals surface area contributed by atoms with Gasteiger partial charge in [-0.1, -0.05) is 6.92 Å². The highest BCUT2D eigenvalue weighted by Gasteiger charge is 2.20. The summed E-state index contributed by atoms with van der Waals surface area (Å²) in [6.07, 6.45) is 5.04. The van der Waals surface area contributed by atoms with E-state index >= 15 is 0 Å². The molecule has 1 nitrogen and oxygen atoms in total. The van der Waals surface area contributed by atoms with Gasteiger partial charge in [-0.2, -0.15) is 0 Å². The number of aryl methyl sites for hydroxylation is 2. The van der Waals surface area contributed by atoms with Crippen molar-refractivity contribution in [2.24, 2.45) is 0 Å². The normalized spacial score (nSPS) is 20.0. The van der Waals surface area contributed by atoms with E-state index in [1.54, 1.807) is 16.0 Å². The number of nitrogens with one attached hydrogen (secondary N) is 1. The van der Waals surface area contributed by atoms with Crippen molar-refractivity contribution in [1.82, 2.24) is 5.32 Å². The van der Waals surface area contributed by atoms with Crippen LogP contribution in [0.15, 0.2) is 5.38 Å². The van der Waals surface area contributed by atoms with Gasteiger partial charge in [0.15, 0.2) is 0 Å². The van der Waals surface area contributed by atoms with E-state index in [2.05, 4.69) is 24.7 Å². The number of hydrogen-bond acceptors (Lipinski definition) is 2. The van der Waals surface area contributed by atoms with E-state index in [-0.39, 0.29) is 12.4 Å². The molecule has 1 heterocycles. The lowest BCUT2D eigenvalue weighted by atomic mass is 9.91. The third-order valence-corrected chi connectivity index (χ3v) is 4.16. The monoisotopic (exact) mass is 231 g/mol. The minimum absolute atomic E-state index is 0. The first-order chi connectivity index (χ1) is 6.35. The smallest absolute Gasteiger partial charge is 0.0108 e. The van der Waals surface area contributed by atoms with E-state index in [4.69, 9.17) is 0 Å². The third-order valence-electron chi connectivity index (χ3n) is 3.03. The number of rotatable bonds is 2. The molecule has 0 aliphatic heterocycles. The molecule has 1 unspecified atom stereocenters. The van der Waals surface area contributed by atoms with Gasteiger partial charge in [-0.25, -0.2) is 0 Å². The molecule has 2 rings (SSSR count). The number of halogens is 1. The van der Waals surface area contributed by atoms with Crippen LogP contribution >= 0.6 is 23.7 Å². The molecule has 0 bridgehead atoms. The van der Waals surface area contributed by atoms with E-state index in [0.29, 0.717) is 6.04 Å². The van der Waals surface area contributed by atoms with Crippen LogP contribution in [0.25, 0.3) is 0 Å². The van der Waals surface area contributed by atoms with Crippen molar-refractivity contribution in [3.63, 3.8) is 0 Å². The summed E-state index contributed by atoms with van der Waals surface area (Å²) in [7, 11) is 2.08. The average Bonchev–Trinajstić information content (AvgIpc) is 2.59.